The third-order valence-corrected chi connectivity index (χ3v) is 3.74. The van der Waals surface area contributed by atoms with Crippen molar-refractivity contribution in [3.05, 3.63) is 33.3 Å². The number of piperazine rings is 1. The van der Waals surface area contributed by atoms with E-state index in [1.54, 1.807) is 12.1 Å². The molecule has 1 saturated heterocycles. The van der Waals surface area contributed by atoms with E-state index in [4.69, 9.17) is 11.6 Å². The number of hydrogen-bond acceptors (Lipinski definition) is 2. The molecule has 3 nitrogen and oxygen atoms in total. The molecule has 92 valence electrons. The molecule has 1 aliphatic rings. The van der Waals surface area contributed by atoms with Gasteiger partial charge in [0.2, 0.25) is 0 Å². The summed E-state index contributed by atoms with van der Waals surface area (Å²) in [7, 11) is 0. The van der Waals surface area contributed by atoms with E-state index in [1.807, 2.05) is 17.9 Å². The summed E-state index contributed by atoms with van der Waals surface area (Å²) >= 11 is 9.44. The Morgan fingerprint density at radius 2 is 2.35 bits per heavy atom. The fourth-order valence-corrected chi connectivity index (χ4v) is 2.52. The largest absolute Gasteiger partial charge is 0.333 e. The van der Waals surface area contributed by atoms with E-state index in [2.05, 4.69) is 21.2 Å². The monoisotopic (exact) mass is 316 g/mol. The number of nitrogens with one attached hydrogen (secondary N) is 1. The van der Waals surface area contributed by atoms with Crippen LogP contribution < -0.4 is 5.32 Å². The Balaban J connectivity index is 2.26. The molecular weight excluding hydrogens is 304 g/mol. The molecule has 0 spiro atoms. The summed E-state index contributed by atoms with van der Waals surface area (Å²) in [4.78, 5) is 14.2. The minimum absolute atomic E-state index is 0.00491. The molecule has 1 aromatic carbocycles. The molecule has 0 radical (unpaired) electrons. The second kappa shape index (κ2) is 5.38. The molecule has 0 bridgehead atoms. The van der Waals surface area contributed by atoms with Crippen molar-refractivity contribution in [1.29, 1.82) is 0 Å². The number of carbonyl (C=O) groups is 1. The minimum Gasteiger partial charge on any atom is -0.333 e. The van der Waals surface area contributed by atoms with Gasteiger partial charge in [0.15, 0.2) is 0 Å². The summed E-state index contributed by atoms with van der Waals surface area (Å²) in [5.41, 5.74) is 0.565. The first kappa shape index (κ1) is 12.9. The van der Waals surface area contributed by atoms with Crippen molar-refractivity contribution in [2.75, 3.05) is 19.6 Å². The van der Waals surface area contributed by atoms with Crippen molar-refractivity contribution < 1.29 is 4.79 Å². The summed E-state index contributed by atoms with van der Waals surface area (Å²) in [5.74, 6) is 0.00491. The normalized spacial score (nSPS) is 20.4. The van der Waals surface area contributed by atoms with Crippen LogP contribution in [0.2, 0.25) is 5.02 Å². The molecule has 0 saturated carbocycles. The lowest BCUT2D eigenvalue weighted by Crippen LogP contribution is -2.52. The van der Waals surface area contributed by atoms with Gasteiger partial charge in [0.1, 0.15) is 0 Å². The second-order valence-electron chi connectivity index (χ2n) is 4.18. The van der Waals surface area contributed by atoms with Crippen LogP contribution in [0.15, 0.2) is 22.7 Å². The van der Waals surface area contributed by atoms with Gasteiger partial charge < -0.3 is 10.2 Å². The number of amides is 1. The number of halogens is 2. The standard InChI is InChI=1S/C12H14BrClN2O/c1-8-7-15-4-5-16(8)12(17)10-6-9(13)2-3-11(10)14/h2-3,6,8,15H,4-5,7H2,1H3. The van der Waals surface area contributed by atoms with Gasteiger partial charge in [-0.3, -0.25) is 4.79 Å². The summed E-state index contributed by atoms with van der Waals surface area (Å²) in [6, 6.07) is 5.55. The molecule has 5 heteroatoms. The first-order valence-electron chi connectivity index (χ1n) is 5.56. The third kappa shape index (κ3) is 2.81. The van der Waals surface area contributed by atoms with Crippen LogP contribution >= 0.6 is 27.5 Å². The molecule has 2 rings (SSSR count). The van der Waals surface area contributed by atoms with Gasteiger partial charge in [-0.15, -0.1) is 0 Å². The van der Waals surface area contributed by atoms with Gasteiger partial charge in [-0.2, -0.15) is 0 Å². The van der Waals surface area contributed by atoms with Gasteiger partial charge in [0.25, 0.3) is 5.91 Å². The smallest absolute Gasteiger partial charge is 0.255 e. The van der Waals surface area contributed by atoms with Crippen molar-refractivity contribution in [2.24, 2.45) is 0 Å². The van der Waals surface area contributed by atoms with Crippen LogP contribution in [0.5, 0.6) is 0 Å². The fraction of sp³-hybridized carbons (Fsp3) is 0.417. The molecule has 1 heterocycles. The Bertz CT molecular complexity index is 439. The third-order valence-electron chi connectivity index (χ3n) is 2.92. The molecule has 1 fully saturated rings. The van der Waals surface area contributed by atoms with Crippen molar-refractivity contribution in [2.45, 2.75) is 13.0 Å². The highest BCUT2D eigenvalue weighted by molar-refractivity contribution is 9.10. The molecule has 0 aromatic heterocycles. The summed E-state index contributed by atoms with van der Waals surface area (Å²) in [5, 5.41) is 3.76. The summed E-state index contributed by atoms with van der Waals surface area (Å²) in [6.45, 7) is 4.43. The number of rotatable bonds is 1. The van der Waals surface area contributed by atoms with E-state index in [0.717, 1.165) is 24.1 Å². The molecule has 0 aliphatic carbocycles. The average molecular weight is 318 g/mol. The van der Waals surface area contributed by atoms with E-state index < -0.39 is 0 Å². The van der Waals surface area contributed by atoms with E-state index >= 15 is 0 Å². The second-order valence-corrected chi connectivity index (χ2v) is 5.50. The van der Waals surface area contributed by atoms with Gasteiger partial charge in [-0.25, -0.2) is 0 Å². The molecule has 1 unspecified atom stereocenters. The van der Waals surface area contributed by atoms with Gasteiger partial charge in [0.05, 0.1) is 10.6 Å². The van der Waals surface area contributed by atoms with Crippen LogP contribution in [-0.2, 0) is 0 Å². The number of nitrogens with zero attached hydrogens (tertiary/aromatic N) is 1. The lowest BCUT2D eigenvalue weighted by Gasteiger charge is -2.34. The van der Waals surface area contributed by atoms with E-state index in [0.29, 0.717) is 10.6 Å². The zero-order valence-corrected chi connectivity index (χ0v) is 11.9. The lowest BCUT2D eigenvalue weighted by atomic mass is 10.1. The van der Waals surface area contributed by atoms with Crippen LogP contribution in [0, 0.1) is 0 Å². The van der Waals surface area contributed by atoms with Crippen molar-refractivity contribution in [3.8, 4) is 0 Å². The Hall–Kier alpha value is -0.580. The predicted octanol–water partition coefficient (Wildman–Crippen LogP) is 2.54. The van der Waals surface area contributed by atoms with E-state index in [1.165, 1.54) is 0 Å². The molecule has 1 amide bonds. The minimum atomic E-state index is 0.00491. The van der Waals surface area contributed by atoms with Gasteiger partial charge in [-0.05, 0) is 25.1 Å². The van der Waals surface area contributed by atoms with E-state index in [-0.39, 0.29) is 11.9 Å². The van der Waals surface area contributed by atoms with Crippen LogP contribution in [0.3, 0.4) is 0 Å². The highest BCUT2D eigenvalue weighted by atomic mass is 79.9. The average Bonchev–Trinajstić information content (AvgIpc) is 2.32. The lowest BCUT2D eigenvalue weighted by molar-refractivity contribution is 0.0656. The fourth-order valence-electron chi connectivity index (χ4n) is 1.96. The maximum Gasteiger partial charge on any atom is 0.255 e. The van der Waals surface area contributed by atoms with Crippen LogP contribution in [-0.4, -0.2) is 36.5 Å². The number of carbonyl (C=O) groups excluding carboxylic acids is 1. The Labute approximate surface area is 114 Å². The number of benzene rings is 1. The Kier molecular flexibility index (Phi) is 4.07. The zero-order valence-electron chi connectivity index (χ0n) is 9.54. The molecular formula is C12H14BrClN2O. The topological polar surface area (TPSA) is 32.3 Å². The predicted molar refractivity (Wildman–Crippen MR) is 72.5 cm³/mol. The van der Waals surface area contributed by atoms with Crippen molar-refractivity contribution in [3.63, 3.8) is 0 Å². The van der Waals surface area contributed by atoms with Gasteiger partial charge >= 0.3 is 0 Å². The molecule has 1 aliphatic heterocycles. The molecule has 1 N–H and O–H groups in total. The maximum atomic E-state index is 12.4. The Morgan fingerprint density at radius 3 is 3.06 bits per heavy atom. The van der Waals surface area contributed by atoms with Crippen LogP contribution in [0.4, 0.5) is 0 Å². The maximum absolute atomic E-state index is 12.4. The molecule has 1 aromatic rings. The molecule has 17 heavy (non-hydrogen) atoms. The molecule has 1 atom stereocenters. The first-order chi connectivity index (χ1) is 8.09. The SMILES string of the molecule is CC1CNCCN1C(=O)c1cc(Br)ccc1Cl. The highest BCUT2D eigenvalue weighted by Gasteiger charge is 2.25. The van der Waals surface area contributed by atoms with Crippen LogP contribution in [0.25, 0.3) is 0 Å². The zero-order chi connectivity index (χ0) is 12.4. The van der Waals surface area contributed by atoms with Gasteiger partial charge in [-0.1, -0.05) is 27.5 Å². The van der Waals surface area contributed by atoms with Crippen LogP contribution in [0.1, 0.15) is 17.3 Å². The summed E-state index contributed by atoms with van der Waals surface area (Å²) < 4.78 is 0.869. The summed E-state index contributed by atoms with van der Waals surface area (Å²) in [6.07, 6.45) is 0. The number of hydrogen-bond donors (Lipinski definition) is 1. The van der Waals surface area contributed by atoms with E-state index in [9.17, 15) is 4.79 Å². The van der Waals surface area contributed by atoms with Crippen molar-refractivity contribution >= 4 is 33.4 Å². The highest BCUT2D eigenvalue weighted by Crippen LogP contribution is 2.23. The quantitative estimate of drug-likeness (QED) is 0.863. The first-order valence-corrected chi connectivity index (χ1v) is 6.73. The van der Waals surface area contributed by atoms with Crippen molar-refractivity contribution in [1.82, 2.24) is 10.2 Å². The Morgan fingerprint density at radius 1 is 1.59 bits per heavy atom. The van der Waals surface area contributed by atoms with Gasteiger partial charge in [0, 0.05) is 30.1 Å².